The molecule has 0 spiro atoms. The Morgan fingerprint density at radius 2 is 2.14 bits per heavy atom. The largest absolute Gasteiger partial charge is 0.376 e. The van der Waals surface area contributed by atoms with Gasteiger partial charge in [0.2, 0.25) is 0 Å². The van der Waals surface area contributed by atoms with Crippen molar-refractivity contribution in [2.24, 2.45) is 4.99 Å². The first-order valence-electron chi connectivity index (χ1n) is 6.66. The molecule has 4 nitrogen and oxygen atoms in total. The van der Waals surface area contributed by atoms with E-state index in [0.717, 1.165) is 33.2 Å². The first kappa shape index (κ1) is 16.5. The third-order valence-corrected chi connectivity index (χ3v) is 4.70. The summed E-state index contributed by atoms with van der Waals surface area (Å²) < 4.78 is 0. The van der Waals surface area contributed by atoms with E-state index in [4.69, 9.17) is 0 Å². The van der Waals surface area contributed by atoms with E-state index in [2.05, 4.69) is 22.0 Å². The number of hydrogen-bond acceptors (Lipinski definition) is 6. The predicted octanol–water partition coefficient (Wildman–Crippen LogP) is 4.37. The zero-order chi connectivity index (χ0) is 15.9. The number of benzene rings is 1. The Balaban J connectivity index is 1.93. The first-order valence-corrected chi connectivity index (χ1v) is 8.52. The smallest absolute Gasteiger partial charge is 0.150 e. The highest BCUT2D eigenvalue weighted by molar-refractivity contribution is 8.02. The summed E-state index contributed by atoms with van der Waals surface area (Å²) in [7, 11) is 0. The van der Waals surface area contributed by atoms with Gasteiger partial charge >= 0.3 is 0 Å². The third-order valence-electron chi connectivity index (χ3n) is 2.91. The van der Waals surface area contributed by atoms with Crippen molar-refractivity contribution in [2.75, 3.05) is 11.2 Å². The summed E-state index contributed by atoms with van der Waals surface area (Å²) >= 11 is 3.23. The molecule has 0 aliphatic carbocycles. The van der Waals surface area contributed by atoms with Gasteiger partial charge in [-0.1, -0.05) is 0 Å². The van der Waals surface area contributed by atoms with E-state index >= 15 is 0 Å². The zero-order valence-corrected chi connectivity index (χ0v) is 14.1. The van der Waals surface area contributed by atoms with Gasteiger partial charge in [0, 0.05) is 11.3 Å². The van der Waals surface area contributed by atoms with Gasteiger partial charge < -0.3 is 5.32 Å². The molecule has 0 aliphatic heterocycles. The fraction of sp³-hybridized carbons (Fsp3) is 0.188. The Hall–Kier alpha value is -1.92. The van der Waals surface area contributed by atoms with Crippen LogP contribution in [-0.2, 0) is 0 Å². The molecule has 1 N–H and O–H groups in total. The maximum atomic E-state index is 10.6. The van der Waals surface area contributed by atoms with Gasteiger partial charge in [-0.25, -0.2) is 4.98 Å². The molecule has 0 amide bonds. The van der Waals surface area contributed by atoms with E-state index < -0.39 is 0 Å². The minimum absolute atomic E-state index is 0.673. The van der Waals surface area contributed by atoms with Crippen LogP contribution in [0, 0.1) is 13.8 Å². The average molecular weight is 331 g/mol. The second kappa shape index (κ2) is 7.91. The summed E-state index contributed by atoms with van der Waals surface area (Å²) in [5.41, 5.74) is 3.49. The van der Waals surface area contributed by atoms with Crippen molar-refractivity contribution in [1.29, 1.82) is 0 Å². The zero-order valence-electron chi connectivity index (χ0n) is 12.5. The number of rotatable bonds is 7. The number of nitrogens with zero attached hydrogens (tertiary/aromatic N) is 2. The second-order valence-corrected chi connectivity index (χ2v) is 6.60. The highest BCUT2D eigenvalue weighted by Gasteiger charge is 2.08. The normalized spacial score (nSPS) is 11.3. The van der Waals surface area contributed by atoms with Gasteiger partial charge in [-0.05, 0) is 50.2 Å². The molecule has 0 fully saturated rings. The van der Waals surface area contributed by atoms with Crippen molar-refractivity contribution in [3.05, 3.63) is 50.8 Å². The van der Waals surface area contributed by atoms with Gasteiger partial charge in [-0.2, -0.15) is 0 Å². The standard InChI is InChI=1S/C16H17N3OS2/c1-11-16(22-12(2)19-11)15(17-3)9-21-10-18-14-6-4-13(8-20)5-7-14/h4-9,18H,3,10H2,1-2H3/b15-9-. The molecule has 114 valence electrons. The van der Waals surface area contributed by atoms with Crippen molar-refractivity contribution in [2.45, 2.75) is 13.8 Å². The van der Waals surface area contributed by atoms with Crippen LogP contribution in [0.25, 0.3) is 5.70 Å². The highest BCUT2D eigenvalue weighted by Crippen LogP contribution is 2.28. The number of aromatic nitrogens is 1. The van der Waals surface area contributed by atoms with Crippen LogP contribution in [0.1, 0.15) is 25.9 Å². The lowest BCUT2D eigenvalue weighted by atomic mass is 10.2. The van der Waals surface area contributed by atoms with Crippen LogP contribution >= 0.6 is 23.1 Å². The summed E-state index contributed by atoms with van der Waals surface area (Å²) in [5, 5.41) is 6.29. The highest BCUT2D eigenvalue weighted by atomic mass is 32.2. The van der Waals surface area contributed by atoms with E-state index in [1.807, 2.05) is 31.4 Å². The third kappa shape index (κ3) is 4.29. The molecule has 2 aromatic rings. The summed E-state index contributed by atoms with van der Waals surface area (Å²) in [4.78, 5) is 20.2. The molecule has 1 heterocycles. The maximum absolute atomic E-state index is 10.6. The molecule has 0 saturated carbocycles. The number of hydrogen-bond donors (Lipinski definition) is 1. The minimum Gasteiger partial charge on any atom is -0.376 e. The predicted molar refractivity (Wildman–Crippen MR) is 97.0 cm³/mol. The number of thiazole rings is 1. The Bertz CT molecular complexity index is 690. The number of aldehydes is 1. The van der Waals surface area contributed by atoms with E-state index in [9.17, 15) is 4.79 Å². The van der Waals surface area contributed by atoms with Gasteiger partial charge in [0.1, 0.15) is 6.29 Å². The van der Waals surface area contributed by atoms with Gasteiger partial charge in [0.05, 0.1) is 27.2 Å². The lowest BCUT2D eigenvalue weighted by molar-refractivity contribution is 0.112. The molecule has 1 aromatic heterocycles. The number of nitrogens with one attached hydrogen (secondary N) is 1. The summed E-state index contributed by atoms with van der Waals surface area (Å²) in [5.74, 6) is 0.705. The average Bonchev–Trinajstić information content (AvgIpc) is 2.86. The topological polar surface area (TPSA) is 54.4 Å². The molecule has 22 heavy (non-hydrogen) atoms. The van der Waals surface area contributed by atoms with Crippen LogP contribution in [0.4, 0.5) is 5.69 Å². The van der Waals surface area contributed by atoms with Gasteiger partial charge in [-0.3, -0.25) is 9.79 Å². The minimum atomic E-state index is 0.673. The Labute approximate surface area is 138 Å². The monoisotopic (exact) mass is 331 g/mol. The molecule has 0 aliphatic rings. The van der Waals surface area contributed by atoms with Crippen molar-refractivity contribution in [3.63, 3.8) is 0 Å². The molecule has 0 bridgehead atoms. The molecule has 0 unspecified atom stereocenters. The molecular formula is C16H17N3OS2. The fourth-order valence-electron chi connectivity index (χ4n) is 1.86. The molecule has 0 atom stereocenters. The number of aryl methyl sites for hydroxylation is 2. The van der Waals surface area contributed by atoms with E-state index in [0.29, 0.717) is 11.4 Å². The van der Waals surface area contributed by atoms with Gasteiger partial charge in [0.25, 0.3) is 0 Å². The first-order chi connectivity index (χ1) is 10.6. The Kier molecular flexibility index (Phi) is 5.91. The molecule has 0 radical (unpaired) electrons. The lowest BCUT2D eigenvalue weighted by Gasteiger charge is -2.05. The molecule has 0 saturated heterocycles. The maximum Gasteiger partial charge on any atom is 0.150 e. The van der Waals surface area contributed by atoms with Crippen LogP contribution in [0.15, 0.2) is 34.7 Å². The van der Waals surface area contributed by atoms with Crippen molar-refractivity contribution >= 4 is 47.5 Å². The number of anilines is 1. The van der Waals surface area contributed by atoms with Crippen LogP contribution in [-0.4, -0.2) is 23.9 Å². The second-order valence-electron chi connectivity index (χ2n) is 4.54. The van der Waals surface area contributed by atoms with Crippen LogP contribution in [0.3, 0.4) is 0 Å². The number of aliphatic imine (C=N–C) groups is 1. The van der Waals surface area contributed by atoms with E-state index in [-0.39, 0.29) is 0 Å². The number of carbonyl (C=O) groups excluding carboxylic acids is 1. The lowest BCUT2D eigenvalue weighted by Crippen LogP contribution is -1.96. The molecule has 6 heteroatoms. The van der Waals surface area contributed by atoms with Crippen LogP contribution in [0.2, 0.25) is 0 Å². The van der Waals surface area contributed by atoms with E-state index in [1.165, 1.54) is 0 Å². The Morgan fingerprint density at radius 3 is 2.68 bits per heavy atom. The van der Waals surface area contributed by atoms with Crippen LogP contribution in [0.5, 0.6) is 0 Å². The fourth-order valence-corrected chi connectivity index (χ4v) is 3.51. The molecule has 1 aromatic carbocycles. The summed E-state index contributed by atoms with van der Waals surface area (Å²) in [6, 6.07) is 7.35. The summed E-state index contributed by atoms with van der Waals surface area (Å²) in [6.45, 7) is 7.60. The number of thioether (sulfide) groups is 1. The Morgan fingerprint density at radius 1 is 1.41 bits per heavy atom. The van der Waals surface area contributed by atoms with E-state index in [1.54, 1.807) is 35.2 Å². The van der Waals surface area contributed by atoms with Gasteiger partial charge in [-0.15, -0.1) is 23.1 Å². The quantitative estimate of drug-likeness (QED) is 0.354. The van der Waals surface area contributed by atoms with Crippen molar-refractivity contribution in [1.82, 2.24) is 4.98 Å². The van der Waals surface area contributed by atoms with Crippen LogP contribution < -0.4 is 5.32 Å². The molecular weight excluding hydrogens is 314 g/mol. The van der Waals surface area contributed by atoms with Crippen molar-refractivity contribution in [3.8, 4) is 0 Å². The SMILES string of the molecule is C=N/C(=C\SCNc1ccc(C=O)cc1)c1sc(C)nc1C. The summed E-state index contributed by atoms with van der Waals surface area (Å²) in [6.07, 6.45) is 0.836. The van der Waals surface area contributed by atoms with Gasteiger partial charge in [0.15, 0.2) is 0 Å². The number of carbonyl (C=O) groups is 1. The molecule has 2 rings (SSSR count). The van der Waals surface area contributed by atoms with Crippen molar-refractivity contribution < 1.29 is 4.79 Å².